The van der Waals surface area contributed by atoms with Crippen LogP contribution in [0.4, 0.5) is 0 Å². The monoisotopic (exact) mass is 464 g/mol. The van der Waals surface area contributed by atoms with Crippen molar-refractivity contribution in [2.24, 2.45) is 0 Å². The van der Waals surface area contributed by atoms with Gasteiger partial charge in [-0.25, -0.2) is 9.97 Å². The van der Waals surface area contributed by atoms with Gasteiger partial charge in [-0.05, 0) is 30.3 Å². The zero-order chi connectivity index (χ0) is 23.8. The maximum atomic E-state index is 12.8. The second kappa shape index (κ2) is 8.59. The van der Waals surface area contributed by atoms with Crippen molar-refractivity contribution in [2.45, 2.75) is 0 Å². The number of pyridine rings is 1. The van der Waals surface area contributed by atoms with E-state index in [0.29, 0.717) is 43.6 Å². The molecule has 0 spiro atoms. The van der Waals surface area contributed by atoms with Crippen molar-refractivity contribution >= 4 is 34.1 Å². The van der Waals surface area contributed by atoms with Crippen LogP contribution in [0.15, 0.2) is 70.9 Å². The highest BCUT2D eigenvalue weighted by molar-refractivity contribution is 6.03. The molecule has 0 aliphatic carbocycles. The van der Waals surface area contributed by atoms with E-state index in [-0.39, 0.29) is 11.5 Å². The quantitative estimate of drug-likeness (QED) is 0.319. The maximum Gasteiger partial charge on any atom is 0.264 e. The molecule has 1 aliphatic heterocycles. The Hall–Kier alpha value is -4.68. The molecule has 1 aromatic carbocycles. The summed E-state index contributed by atoms with van der Waals surface area (Å²) in [6.45, 7) is 1.86. The Morgan fingerprint density at radius 3 is 2.74 bits per heavy atom. The predicted molar refractivity (Wildman–Crippen MR) is 129 cm³/mol. The number of para-hydroxylation sites is 1. The minimum atomic E-state index is -0.328. The Kier molecular flexibility index (Phi) is 5.13. The fourth-order valence-corrected chi connectivity index (χ4v) is 4.34. The van der Waals surface area contributed by atoms with Gasteiger partial charge in [-0.3, -0.25) is 9.36 Å². The Balaban J connectivity index is 1.45. The number of imidazole rings is 1. The first-order valence-electron chi connectivity index (χ1n) is 11.2. The number of amides is 1. The molecule has 1 N–H and O–H groups in total. The molecule has 1 amide bonds. The number of nitrogens with zero attached hydrogens (tertiary/aromatic N) is 5. The van der Waals surface area contributed by atoms with Gasteiger partial charge in [0.15, 0.2) is 11.6 Å². The number of hydrogen-bond donors (Lipinski definition) is 1. The molecule has 0 saturated carbocycles. The summed E-state index contributed by atoms with van der Waals surface area (Å²) in [4.78, 5) is 26.8. The first-order valence-corrected chi connectivity index (χ1v) is 11.2. The first-order chi connectivity index (χ1) is 17.2. The van der Waals surface area contributed by atoms with E-state index < -0.39 is 0 Å². The van der Waals surface area contributed by atoms with Gasteiger partial charge < -0.3 is 19.0 Å². The smallest absolute Gasteiger partial charge is 0.264 e. The molecule has 0 atom stereocenters. The second-order valence-electron chi connectivity index (χ2n) is 8.11. The fraction of sp³-hybridized carbons (Fsp3) is 0.154. The standard InChI is InChI=1S/C26H20N6O3/c27-15-17(26(33)31-10-12-34-13-11-31)14-19-6-7-22(35-19)25-30-21-16-29-24-20(8-9-28-24)23(21)32(25)18-4-2-1-3-5-18/h1-9,14,16H,10-13H2,(H,28,29)/b17-14+. The summed E-state index contributed by atoms with van der Waals surface area (Å²) in [7, 11) is 0. The van der Waals surface area contributed by atoms with Gasteiger partial charge in [-0.1, -0.05) is 18.2 Å². The first kappa shape index (κ1) is 20.9. The zero-order valence-corrected chi connectivity index (χ0v) is 18.6. The van der Waals surface area contributed by atoms with E-state index in [0.717, 1.165) is 27.8 Å². The van der Waals surface area contributed by atoms with Crippen molar-refractivity contribution in [3.8, 4) is 23.3 Å². The third-order valence-corrected chi connectivity index (χ3v) is 6.00. The third kappa shape index (κ3) is 3.66. The van der Waals surface area contributed by atoms with Crippen LogP contribution in [-0.2, 0) is 9.53 Å². The van der Waals surface area contributed by atoms with Gasteiger partial charge in [0.2, 0.25) is 0 Å². The molecule has 6 rings (SSSR count). The molecule has 9 heteroatoms. The van der Waals surface area contributed by atoms with Crippen molar-refractivity contribution in [2.75, 3.05) is 26.3 Å². The number of carbonyl (C=O) groups excluding carboxylic acids is 1. The Morgan fingerprint density at radius 1 is 1.11 bits per heavy atom. The molecule has 1 fully saturated rings. The van der Waals surface area contributed by atoms with Gasteiger partial charge in [-0.15, -0.1) is 0 Å². The van der Waals surface area contributed by atoms with Crippen LogP contribution in [0.1, 0.15) is 5.76 Å². The normalized spacial score (nSPS) is 14.5. The van der Waals surface area contributed by atoms with Crippen LogP contribution >= 0.6 is 0 Å². The minimum Gasteiger partial charge on any atom is -0.453 e. The number of carbonyl (C=O) groups is 1. The fourth-order valence-electron chi connectivity index (χ4n) is 4.34. The number of hydrogen-bond acceptors (Lipinski definition) is 6. The lowest BCUT2D eigenvalue weighted by atomic mass is 10.2. The minimum absolute atomic E-state index is 0.0163. The third-order valence-electron chi connectivity index (χ3n) is 6.00. The highest BCUT2D eigenvalue weighted by Crippen LogP contribution is 2.33. The van der Waals surface area contributed by atoms with E-state index in [4.69, 9.17) is 14.1 Å². The van der Waals surface area contributed by atoms with E-state index in [1.807, 2.05) is 53.2 Å². The number of ether oxygens (including phenoxy) is 1. The van der Waals surface area contributed by atoms with Crippen LogP contribution in [0.25, 0.3) is 45.4 Å². The summed E-state index contributed by atoms with van der Waals surface area (Å²) >= 11 is 0. The van der Waals surface area contributed by atoms with Crippen LogP contribution in [0.2, 0.25) is 0 Å². The van der Waals surface area contributed by atoms with Crippen molar-refractivity contribution < 1.29 is 13.9 Å². The lowest BCUT2D eigenvalue weighted by Gasteiger charge is -2.26. The molecule has 9 nitrogen and oxygen atoms in total. The molecule has 35 heavy (non-hydrogen) atoms. The number of morpholine rings is 1. The second-order valence-corrected chi connectivity index (χ2v) is 8.11. The van der Waals surface area contributed by atoms with Gasteiger partial charge in [0.05, 0.1) is 24.9 Å². The number of fused-ring (bicyclic) bond motifs is 3. The molecule has 0 unspecified atom stereocenters. The number of aromatic amines is 1. The van der Waals surface area contributed by atoms with E-state index in [1.165, 1.54) is 6.08 Å². The van der Waals surface area contributed by atoms with Crippen molar-refractivity contribution in [3.63, 3.8) is 0 Å². The Morgan fingerprint density at radius 2 is 1.94 bits per heavy atom. The molecule has 0 radical (unpaired) electrons. The number of rotatable bonds is 4. The van der Waals surface area contributed by atoms with Crippen molar-refractivity contribution in [3.05, 3.63) is 72.3 Å². The molecule has 5 aromatic rings. The highest BCUT2D eigenvalue weighted by atomic mass is 16.5. The maximum absolute atomic E-state index is 12.8. The van der Waals surface area contributed by atoms with Gasteiger partial charge in [0, 0.05) is 36.4 Å². The lowest BCUT2D eigenvalue weighted by Crippen LogP contribution is -2.41. The molecule has 4 aromatic heterocycles. The SMILES string of the molecule is N#C/C(=C\c1ccc(-c2nc3cnc4[nH]ccc4c3n2-c2ccccc2)o1)C(=O)N1CCOCC1. The van der Waals surface area contributed by atoms with E-state index >= 15 is 0 Å². The number of aromatic nitrogens is 4. The molecule has 1 aliphatic rings. The van der Waals surface area contributed by atoms with Crippen LogP contribution in [0.5, 0.6) is 0 Å². The van der Waals surface area contributed by atoms with E-state index in [9.17, 15) is 10.1 Å². The number of H-pyrrole nitrogens is 1. The van der Waals surface area contributed by atoms with E-state index in [2.05, 4.69) is 9.97 Å². The largest absolute Gasteiger partial charge is 0.453 e. The molecule has 5 heterocycles. The average Bonchev–Trinajstić information content (AvgIpc) is 3.65. The summed E-state index contributed by atoms with van der Waals surface area (Å²) in [5.41, 5.74) is 3.34. The van der Waals surface area contributed by atoms with Crippen LogP contribution in [0, 0.1) is 11.3 Å². The van der Waals surface area contributed by atoms with Gasteiger partial charge in [0.1, 0.15) is 28.6 Å². The van der Waals surface area contributed by atoms with Crippen LogP contribution in [-0.4, -0.2) is 56.6 Å². The summed E-state index contributed by atoms with van der Waals surface area (Å²) < 4.78 is 13.4. The molecule has 1 saturated heterocycles. The molecular formula is C26H20N6O3. The summed E-state index contributed by atoms with van der Waals surface area (Å²) in [5, 5.41) is 10.6. The van der Waals surface area contributed by atoms with Gasteiger partial charge in [-0.2, -0.15) is 5.26 Å². The van der Waals surface area contributed by atoms with Gasteiger partial charge in [0.25, 0.3) is 5.91 Å². The predicted octanol–water partition coefficient (Wildman–Crippen LogP) is 3.93. The zero-order valence-electron chi connectivity index (χ0n) is 18.6. The number of furan rings is 1. The van der Waals surface area contributed by atoms with Crippen molar-refractivity contribution in [1.82, 2.24) is 24.4 Å². The van der Waals surface area contributed by atoms with Crippen LogP contribution in [0.3, 0.4) is 0 Å². The summed E-state index contributed by atoms with van der Waals surface area (Å²) in [5.74, 6) is 1.18. The van der Waals surface area contributed by atoms with Crippen LogP contribution < -0.4 is 0 Å². The van der Waals surface area contributed by atoms with Gasteiger partial charge >= 0.3 is 0 Å². The van der Waals surface area contributed by atoms with Crippen molar-refractivity contribution in [1.29, 1.82) is 5.26 Å². The topological polar surface area (TPSA) is 113 Å². The highest BCUT2D eigenvalue weighted by Gasteiger charge is 2.22. The summed E-state index contributed by atoms with van der Waals surface area (Å²) in [6, 6.07) is 17.4. The Bertz CT molecular complexity index is 1610. The number of nitrogens with one attached hydrogen (secondary N) is 1. The number of nitriles is 1. The molecule has 0 bridgehead atoms. The lowest BCUT2D eigenvalue weighted by molar-refractivity contribution is -0.130. The molecule has 172 valence electrons. The average molecular weight is 464 g/mol. The van der Waals surface area contributed by atoms with E-state index in [1.54, 1.807) is 23.2 Å². The Labute approximate surface area is 199 Å². The number of benzene rings is 1. The molecular weight excluding hydrogens is 444 g/mol. The summed E-state index contributed by atoms with van der Waals surface area (Å²) in [6.07, 6.45) is 5.06.